The number of thiophene rings is 1. The summed E-state index contributed by atoms with van der Waals surface area (Å²) >= 11 is 13.4. The van der Waals surface area contributed by atoms with Gasteiger partial charge in [0.1, 0.15) is 0 Å². The van der Waals surface area contributed by atoms with E-state index >= 15 is 0 Å². The molecule has 0 spiro atoms. The predicted octanol–water partition coefficient (Wildman–Crippen LogP) is 4.30. The molecule has 0 aliphatic rings. The van der Waals surface area contributed by atoms with Crippen LogP contribution in [0.4, 0.5) is 5.69 Å². The number of benzene rings is 1. The van der Waals surface area contributed by atoms with E-state index in [1.54, 1.807) is 17.4 Å². The molecule has 0 saturated heterocycles. The molecule has 2 N–H and O–H groups in total. The van der Waals surface area contributed by atoms with Crippen LogP contribution in [-0.4, -0.2) is 0 Å². The Kier molecular flexibility index (Phi) is 2.68. The molecule has 0 unspecified atom stereocenters. The molecule has 72 valence electrons. The van der Waals surface area contributed by atoms with Crippen molar-refractivity contribution in [1.82, 2.24) is 0 Å². The van der Waals surface area contributed by atoms with Crippen LogP contribution in [0.15, 0.2) is 29.6 Å². The zero-order valence-electron chi connectivity index (χ0n) is 7.13. The highest BCUT2D eigenvalue weighted by Crippen LogP contribution is 2.37. The molecule has 0 bridgehead atoms. The molecule has 4 heteroatoms. The second-order valence-electron chi connectivity index (χ2n) is 2.83. The van der Waals surface area contributed by atoms with Crippen molar-refractivity contribution < 1.29 is 0 Å². The molecule has 0 radical (unpaired) electrons. The summed E-state index contributed by atoms with van der Waals surface area (Å²) in [4.78, 5) is 0.992. The first-order chi connectivity index (χ1) is 6.68. The largest absolute Gasteiger partial charge is 0.398 e. The van der Waals surface area contributed by atoms with Gasteiger partial charge < -0.3 is 5.73 Å². The number of rotatable bonds is 1. The van der Waals surface area contributed by atoms with Crippen LogP contribution < -0.4 is 5.73 Å². The van der Waals surface area contributed by atoms with Gasteiger partial charge in [0.15, 0.2) is 0 Å². The van der Waals surface area contributed by atoms with E-state index in [-0.39, 0.29) is 0 Å². The van der Waals surface area contributed by atoms with Crippen molar-refractivity contribution in [3.63, 3.8) is 0 Å². The third-order valence-electron chi connectivity index (χ3n) is 1.87. The van der Waals surface area contributed by atoms with Crippen LogP contribution in [0.5, 0.6) is 0 Å². The van der Waals surface area contributed by atoms with E-state index in [0.717, 1.165) is 16.1 Å². The molecule has 1 aromatic carbocycles. The minimum absolute atomic E-state index is 0.631. The van der Waals surface area contributed by atoms with Crippen molar-refractivity contribution in [1.29, 1.82) is 0 Å². The van der Waals surface area contributed by atoms with Crippen LogP contribution in [0.3, 0.4) is 0 Å². The lowest BCUT2D eigenvalue weighted by Gasteiger charge is -2.03. The van der Waals surface area contributed by atoms with Gasteiger partial charge in [-0.2, -0.15) is 0 Å². The van der Waals surface area contributed by atoms with E-state index in [1.165, 1.54) is 0 Å². The maximum Gasteiger partial charge on any atom is 0.0587 e. The summed E-state index contributed by atoms with van der Waals surface area (Å²) in [6.45, 7) is 0. The van der Waals surface area contributed by atoms with Gasteiger partial charge in [0.05, 0.1) is 15.6 Å². The Morgan fingerprint density at radius 2 is 1.93 bits per heavy atom. The average molecular weight is 244 g/mol. The molecule has 0 fully saturated rings. The Bertz CT molecular complexity index is 465. The van der Waals surface area contributed by atoms with E-state index in [0.29, 0.717) is 10.0 Å². The lowest BCUT2D eigenvalue weighted by molar-refractivity contribution is 1.69. The summed E-state index contributed by atoms with van der Waals surface area (Å²) < 4.78 is 0. The first-order valence-corrected chi connectivity index (χ1v) is 5.60. The van der Waals surface area contributed by atoms with Crippen molar-refractivity contribution in [2.75, 3.05) is 5.73 Å². The van der Waals surface area contributed by atoms with Crippen molar-refractivity contribution >= 4 is 40.2 Å². The van der Waals surface area contributed by atoms with Gasteiger partial charge in [-0.1, -0.05) is 29.3 Å². The molecule has 2 aromatic rings. The summed E-state index contributed by atoms with van der Waals surface area (Å²) in [6, 6.07) is 7.28. The standard InChI is InChI=1S/C10H7Cl2NS/c11-6-1-2-7(8(12)5-6)10-9(13)3-4-14-10/h1-5H,13H2. The van der Waals surface area contributed by atoms with Crippen LogP contribution in [0.2, 0.25) is 10.0 Å². The number of anilines is 1. The van der Waals surface area contributed by atoms with Crippen LogP contribution >= 0.6 is 34.5 Å². The number of hydrogen-bond donors (Lipinski definition) is 1. The number of nitrogen functional groups attached to an aromatic ring is 1. The summed E-state index contributed by atoms with van der Waals surface area (Å²) in [6.07, 6.45) is 0. The molecule has 2 rings (SSSR count). The zero-order chi connectivity index (χ0) is 10.1. The molecule has 1 aromatic heterocycles. The van der Waals surface area contributed by atoms with Crippen LogP contribution in [0.25, 0.3) is 10.4 Å². The van der Waals surface area contributed by atoms with Gasteiger partial charge in [-0.15, -0.1) is 11.3 Å². The topological polar surface area (TPSA) is 26.0 Å². The first kappa shape index (κ1) is 9.84. The quantitative estimate of drug-likeness (QED) is 0.794. The van der Waals surface area contributed by atoms with E-state index in [1.807, 2.05) is 23.6 Å². The zero-order valence-corrected chi connectivity index (χ0v) is 9.46. The van der Waals surface area contributed by atoms with Gasteiger partial charge in [0.2, 0.25) is 0 Å². The molecular weight excluding hydrogens is 237 g/mol. The highest BCUT2D eigenvalue weighted by molar-refractivity contribution is 7.14. The fourth-order valence-corrected chi connectivity index (χ4v) is 2.63. The Balaban J connectivity index is 2.58. The maximum absolute atomic E-state index is 6.06. The Hall–Kier alpha value is -0.700. The summed E-state index contributed by atoms with van der Waals surface area (Å²) in [5.41, 5.74) is 7.48. The molecule has 0 amide bonds. The van der Waals surface area contributed by atoms with Crippen LogP contribution in [0, 0.1) is 0 Å². The van der Waals surface area contributed by atoms with Gasteiger partial charge in [-0.25, -0.2) is 0 Å². The second-order valence-corrected chi connectivity index (χ2v) is 4.59. The van der Waals surface area contributed by atoms with Gasteiger partial charge in [-0.3, -0.25) is 0 Å². The minimum atomic E-state index is 0.631. The lowest BCUT2D eigenvalue weighted by Crippen LogP contribution is -1.84. The predicted molar refractivity (Wildman–Crippen MR) is 64.2 cm³/mol. The van der Waals surface area contributed by atoms with Gasteiger partial charge in [-0.05, 0) is 23.6 Å². The maximum atomic E-state index is 6.06. The SMILES string of the molecule is Nc1ccsc1-c1ccc(Cl)cc1Cl. The number of hydrogen-bond acceptors (Lipinski definition) is 2. The Morgan fingerprint density at radius 3 is 2.50 bits per heavy atom. The molecule has 14 heavy (non-hydrogen) atoms. The average Bonchev–Trinajstić information content (AvgIpc) is 2.52. The Morgan fingerprint density at radius 1 is 1.14 bits per heavy atom. The van der Waals surface area contributed by atoms with E-state index in [4.69, 9.17) is 28.9 Å². The van der Waals surface area contributed by atoms with Crippen molar-refractivity contribution in [3.8, 4) is 10.4 Å². The smallest absolute Gasteiger partial charge is 0.0587 e. The third-order valence-corrected chi connectivity index (χ3v) is 3.38. The van der Waals surface area contributed by atoms with E-state index < -0.39 is 0 Å². The molecular formula is C10H7Cl2NS. The molecule has 1 nitrogen and oxygen atoms in total. The lowest BCUT2D eigenvalue weighted by atomic mass is 10.2. The summed E-state index contributed by atoms with van der Waals surface area (Å²) in [5.74, 6) is 0. The first-order valence-electron chi connectivity index (χ1n) is 3.97. The summed E-state index contributed by atoms with van der Waals surface area (Å²) in [5, 5.41) is 3.20. The minimum Gasteiger partial charge on any atom is -0.398 e. The van der Waals surface area contributed by atoms with E-state index in [9.17, 15) is 0 Å². The van der Waals surface area contributed by atoms with E-state index in [2.05, 4.69) is 0 Å². The fourth-order valence-electron chi connectivity index (χ4n) is 1.21. The molecule has 0 saturated carbocycles. The van der Waals surface area contributed by atoms with Crippen molar-refractivity contribution in [3.05, 3.63) is 39.7 Å². The van der Waals surface area contributed by atoms with Crippen LogP contribution in [0.1, 0.15) is 0 Å². The summed E-state index contributed by atoms with van der Waals surface area (Å²) in [7, 11) is 0. The third kappa shape index (κ3) is 1.73. The fraction of sp³-hybridized carbons (Fsp3) is 0. The Labute approximate surface area is 96.1 Å². The van der Waals surface area contributed by atoms with Crippen molar-refractivity contribution in [2.24, 2.45) is 0 Å². The molecule has 0 atom stereocenters. The molecule has 1 heterocycles. The van der Waals surface area contributed by atoms with Gasteiger partial charge >= 0.3 is 0 Å². The van der Waals surface area contributed by atoms with Gasteiger partial charge in [0, 0.05) is 10.6 Å². The molecule has 0 aliphatic carbocycles. The molecule has 0 aliphatic heterocycles. The van der Waals surface area contributed by atoms with Gasteiger partial charge in [0.25, 0.3) is 0 Å². The monoisotopic (exact) mass is 243 g/mol. The highest BCUT2D eigenvalue weighted by atomic mass is 35.5. The number of nitrogens with two attached hydrogens (primary N) is 1. The highest BCUT2D eigenvalue weighted by Gasteiger charge is 2.08. The van der Waals surface area contributed by atoms with Crippen LogP contribution in [-0.2, 0) is 0 Å². The second kappa shape index (κ2) is 3.81. The number of halogens is 2. The van der Waals surface area contributed by atoms with Crippen molar-refractivity contribution in [2.45, 2.75) is 0 Å². The normalized spacial score (nSPS) is 10.4.